The number of nitrogens with zero attached hydrogens (tertiary/aromatic N) is 1. The predicted molar refractivity (Wildman–Crippen MR) is 150 cm³/mol. The lowest BCUT2D eigenvalue weighted by Crippen LogP contribution is -2.42. The van der Waals surface area contributed by atoms with Crippen LogP contribution in [0.25, 0.3) is 10.9 Å². The first-order valence-corrected chi connectivity index (χ1v) is 13.4. The zero-order valence-corrected chi connectivity index (χ0v) is 23.7. The van der Waals surface area contributed by atoms with Gasteiger partial charge < -0.3 is 18.8 Å². The lowest BCUT2D eigenvalue weighted by atomic mass is 10.0. The Bertz CT molecular complexity index is 1580. The van der Waals surface area contributed by atoms with Gasteiger partial charge in [-0.2, -0.15) is 0 Å². The van der Waals surface area contributed by atoms with E-state index < -0.39 is 23.7 Å². The maximum Gasteiger partial charge on any atom is 0.573 e. The Labute approximate surface area is 240 Å². The molecule has 41 heavy (non-hydrogen) atoms. The van der Waals surface area contributed by atoms with Gasteiger partial charge in [-0.3, -0.25) is 4.79 Å². The molecule has 6 nitrogen and oxygen atoms in total. The summed E-state index contributed by atoms with van der Waals surface area (Å²) in [6.07, 6.45) is -4.51. The van der Waals surface area contributed by atoms with E-state index in [1.807, 2.05) is 13.0 Å². The Morgan fingerprint density at radius 3 is 2.24 bits per heavy atom. The van der Waals surface area contributed by atoms with Crippen LogP contribution in [0.5, 0.6) is 11.5 Å². The Kier molecular flexibility index (Phi) is 8.68. The van der Waals surface area contributed by atoms with Crippen molar-refractivity contribution < 1.29 is 37.0 Å². The molecule has 4 aromatic rings. The molecule has 1 heterocycles. The van der Waals surface area contributed by atoms with Crippen LogP contribution in [-0.2, 0) is 16.1 Å². The number of hydrogen-bond donors (Lipinski definition) is 0. The normalized spacial score (nSPS) is 13.1. The van der Waals surface area contributed by atoms with Crippen LogP contribution in [0.1, 0.15) is 54.4 Å². The monoisotopic (exact) mass is 587 g/mol. The smallest absolute Gasteiger partial charge is 0.476 e. The number of esters is 1. The van der Waals surface area contributed by atoms with E-state index in [9.17, 15) is 22.8 Å². The average molecular weight is 588 g/mol. The van der Waals surface area contributed by atoms with Gasteiger partial charge in [0.1, 0.15) is 11.5 Å². The lowest BCUT2D eigenvalue weighted by Gasteiger charge is -2.27. The molecule has 0 aliphatic heterocycles. The summed E-state index contributed by atoms with van der Waals surface area (Å²) in [5, 5.41) is 0.948. The van der Waals surface area contributed by atoms with Gasteiger partial charge in [-0.25, -0.2) is 4.79 Å². The number of aromatic nitrogens is 1. The van der Waals surface area contributed by atoms with Crippen molar-refractivity contribution in [1.29, 1.82) is 0 Å². The van der Waals surface area contributed by atoms with Crippen LogP contribution in [0.4, 0.5) is 13.2 Å². The van der Waals surface area contributed by atoms with E-state index in [2.05, 4.69) is 4.74 Å². The molecule has 0 N–H and O–H groups in total. The van der Waals surface area contributed by atoms with Crippen molar-refractivity contribution in [2.45, 2.75) is 52.6 Å². The third kappa shape index (κ3) is 6.68. The first-order valence-electron chi connectivity index (χ1n) is 13.0. The first-order chi connectivity index (χ1) is 19.3. The Morgan fingerprint density at radius 1 is 0.927 bits per heavy atom. The molecule has 0 saturated heterocycles. The molecule has 10 heteroatoms. The number of rotatable bonds is 10. The molecule has 0 unspecified atom stereocenters. The summed E-state index contributed by atoms with van der Waals surface area (Å²) in [5.41, 5.74) is 1.22. The van der Waals surface area contributed by atoms with E-state index in [0.29, 0.717) is 44.9 Å². The van der Waals surface area contributed by atoms with Crippen molar-refractivity contribution in [2.75, 3.05) is 6.61 Å². The fourth-order valence-corrected chi connectivity index (χ4v) is 4.71. The number of alkyl halides is 3. The van der Waals surface area contributed by atoms with Gasteiger partial charge in [0.05, 0.1) is 17.7 Å². The van der Waals surface area contributed by atoms with Gasteiger partial charge in [0, 0.05) is 34.3 Å². The molecule has 0 saturated carbocycles. The molecule has 0 amide bonds. The van der Waals surface area contributed by atoms with Gasteiger partial charge in [0.2, 0.25) is 5.60 Å². The average Bonchev–Trinajstić information content (AvgIpc) is 3.18. The van der Waals surface area contributed by atoms with Crippen molar-refractivity contribution in [2.24, 2.45) is 0 Å². The molecule has 0 spiro atoms. The molecule has 4 rings (SSSR count). The molecule has 3 aromatic carbocycles. The Morgan fingerprint density at radius 2 is 1.61 bits per heavy atom. The number of ketones is 1. The van der Waals surface area contributed by atoms with Crippen molar-refractivity contribution in [3.8, 4) is 11.5 Å². The maximum atomic E-state index is 13.6. The second kappa shape index (κ2) is 11.9. The largest absolute Gasteiger partial charge is 0.573 e. The topological polar surface area (TPSA) is 66.8 Å². The van der Waals surface area contributed by atoms with E-state index in [1.165, 1.54) is 18.2 Å². The second-order valence-electron chi connectivity index (χ2n) is 9.66. The van der Waals surface area contributed by atoms with Gasteiger partial charge in [0.15, 0.2) is 5.78 Å². The van der Waals surface area contributed by atoms with E-state index in [4.69, 9.17) is 21.1 Å². The highest BCUT2D eigenvalue weighted by Gasteiger charge is 2.35. The SMILES string of the molecule is CCOC(=O)[C@](C)(CC)Oc1cccc(Cn2c(C)c(C(=O)c3ccc(Cl)cc3)c3ccc(OC(F)(F)F)cc32)c1. The van der Waals surface area contributed by atoms with Crippen LogP contribution >= 0.6 is 11.6 Å². The van der Waals surface area contributed by atoms with Gasteiger partial charge >= 0.3 is 12.3 Å². The molecule has 0 radical (unpaired) electrons. The van der Waals surface area contributed by atoms with E-state index in [1.54, 1.807) is 67.8 Å². The standard InChI is InChI=1S/C31H29ClF3NO5/c1-5-30(4,29(38)39-6-2)40-23-9-7-8-20(16-23)18-36-19(3)27(28(37)21-10-12-22(32)13-11-21)25-15-14-24(17-26(25)36)41-31(33,34)35/h7-17H,5-6,18H2,1-4H3/t30-/m0/s1. The number of benzene rings is 3. The molecule has 1 atom stereocenters. The van der Waals surface area contributed by atoms with E-state index in [0.717, 1.165) is 5.56 Å². The lowest BCUT2D eigenvalue weighted by molar-refractivity contribution is -0.274. The fourth-order valence-electron chi connectivity index (χ4n) is 4.58. The summed E-state index contributed by atoms with van der Waals surface area (Å²) < 4.78 is 56.2. The summed E-state index contributed by atoms with van der Waals surface area (Å²) in [6.45, 7) is 7.34. The number of ether oxygens (including phenoxy) is 3. The summed E-state index contributed by atoms with van der Waals surface area (Å²) in [5.74, 6) is -0.757. The van der Waals surface area contributed by atoms with Crippen LogP contribution in [0, 0.1) is 6.92 Å². The minimum absolute atomic E-state index is 0.200. The Balaban J connectivity index is 1.78. The van der Waals surface area contributed by atoms with Crippen LogP contribution < -0.4 is 9.47 Å². The van der Waals surface area contributed by atoms with E-state index >= 15 is 0 Å². The van der Waals surface area contributed by atoms with Crippen molar-refractivity contribution in [3.05, 3.63) is 94.1 Å². The van der Waals surface area contributed by atoms with E-state index in [-0.39, 0.29) is 18.9 Å². The molecule has 0 fully saturated rings. The zero-order chi connectivity index (χ0) is 29.9. The summed E-state index contributed by atoms with van der Waals surface area (Å²) in [6, 6.07) is 17.3. The molecular formula is C31H29ClF3NO5. The van der Waals surface area contributed by atoms with Crippen LogP contribution in [0.2, 0.25) is 5.02 Å². The minimum Gasteiger partial charge on any atom is -0.476 e. The second-order valence-corrected chi connectivity index (χ2v) is 10.1. The highest BCUT2D eigenvalue weighted by Crippen LogP contribution is 2.34. The molecule has 0 bridgehead atoms. The van der Waals surface area contributed by atoms with Gasteiger partial charge in [-0.15, -0.1) is 13.2 Å². The van der Waals surface area contributed by atoms with Gasteiger partial charge in [-0.05, 0) is 81.3 Å². The minimum atomic E-state index is -4.88. The molecule has 216 valence electrons. The third-order valence-corrected chi connectivity index (χ3v) is 7.08. The number of halogens is 4. The van der Waals surface area contributed by atoms with Crippen LogP contribution in [0.15, 0.2) is 66.7 Å². The fraction of sp³-hybridized carbons (Fsp3) is 0.290. The summed E-state index contributed by atoms with van der Waals surface area (Å²) >= 11 is 5.99. The maximum absolute atomic E-state index is 13.6. The molecule has 0 aliphatic rings. The van der Waals surface area contributed by atoms with Crippen LogP contribution in [-0.4, -0.2) is 34.9 Å². The summed E-state index contributed by atoms with van der Waals surface area (Å²) in [7, 11) is 0. The predicted octanol–water partition coefficient (Wildman–Crippen LogP) is 7.89. The van der Waals surface area contributed by atoms with Gasteiger partial charge in [0.25, 0.3) is 0 Å². The molecular weight excluding hydrogens is 559 g/mol. The molecule has 1 aromatic heterocycles. The number of fused-ring (bicyclic) bond motifs is 1. The summed E-state index contributed by atoms with van der Waals surface area (Å²) in [4.78, 5) is 26.1. The number of carbonyl (C=O) groups excluding carboxylic acids is 2. The first kappa shape index (κ1) is 30.0. The number of hydrogen-bond acceptors (Lipinski definition) is 5. The molecule has 0 aliphatic carbocycles. The van der Waals surface area contributed by atoms with Crippen molar-refractivity contribution in [1.82, 2.24) is 4.57 Å². The number of carbonyl (C=O) groups is 2. The van der Waals surface area contributed by atoms with Crippen molar-refractivity contribution >= 4 is 34.3 Å². The van der Waals surface area contributed by atoms with Gasteiger partial charge in [-0.1, -0.05) is 30.7 Å². The highest BCUT2D eigenvalue weighted by molar-refractivity contribution is 6.30. The van der Waals surface area contributed by atoms with Crippen LogP contribution in [0.3, 0.4) is 0 Å². The highest BCUT2D eigenvalue weighted by atomic mass is 35.5. The third-order valence-electron chi connectivity index (χ3n) is 6.83. The van der Waals surface area contributed by atoms with Crippen molar-refractivity contribution in [3.63, 3.8) is 0 Å². The Hall–Kier alpha value is -3.98. The zero-order valence-electron chi connectivity index (χ0n) is 23.0. The quantitative estimate of drug-likeness (QED) is 0.139.